The number of rotatable bonds is 0. The lowest BCUT2D eigenvalue weighted by Crippen LogP contribution is -2.25. The third-order valence-corrected chi connectivity index (χ3v) is 3.63. The molecule has 2 aromatic rings. The molecule has 3 rings (SSSR count). The Labute approximate surface area is 108 Å². The number of ether oxygens (including phenoxy) is 1. The Morgan fingerprint density at radius 3 is 2.61 bits per heavy atom. The molecule has 0 bridgehead atoms. The fourth-order valence-corrected chi connectivity index (χ4v) is 2.74. The van der Waals surface area contributed by atoms with E-state index in [1.807, 2.05) is 6.07 Å². The predicted octanol–water partition coefficient (Wildman–Crippen LogP) is 4.21. The van der Waals surface area contributed by atoms with E-state index in [0.717, 1.165) is 12.2 Å². The maximum absolute atomic E-state index is 6.21. The van der Waals surface area contributed by atoms with E-state index in [2.05, 4.69) is 57.2 Å². The Morgan fingerprint density at radius 2 is 1.78 bits per heavy atom. The van der Waals surface area contributed by atoms with Gasteiger partial charge in [-0.25, -0.2) is 0 Å². The SMILES string of the molecule is Cc1ccc2c(c1)Cc1ccccc1OC2(C)C. The molecule has 0 saturated heterocycles. The first-order valence-corrected chi connectivity index (χ1v) is 6.43. The molecule has 0 amide bonds. The van der Waals surface area contributed by atoms with Crippen LogP contribution in [0.3, 0.4) is 0 Å². The number of hydrogen-bond donors (Lipinski definition) is 0. The van der Waals surface area contributed by atoms with Crippen LogP contribution in [0.4, 0.5) is 0 Å². The van der Waals surface area contributed by atoms with Gasteiger partial charge in [-0.3, -0.25) is 0 Å². The average molecular weight is 238 g/mol. The van der Waals surface area contributed by atoms with Gasteiger partial charge in [-0.2, -0.15) is 0 Å². The zero-order valence-electron chi connectivity index (χ0n) is 11.2. The van der Waals surface area contributed by atoms with Crippen molar-refractivity contribution in [2.24, 2.45) is 0 Å². The van der Waals surface area contributed by atoms with Gasteiger partial charge in [0.05, 0.1) is 0 Å². The highest BCUT2D eigenvalue weighted by atomic mass is 16.5. The van der Waals surface area contributed by atoms with Gasteiger partial charge < -0.3 is 4.74 Å². The van der Waals surface area contributed by atoms with Crippen molar-refractivity contribution in [3.05, 3.63) is 64.7 Å². The van der Waals surface area contributed by atoms with E-state index in [1.54, 1.807) is 0 Å². The van der Waals surface area contributed by atoms with Crippen LogP contribution in [0.5, 0.6) is 5.75 Å². The summed E-state index contributed by atoms with van der Waals surface area (Å²) in [5.41, 5.74) is 4.99. The second-order valence-electron chi connectivity index (χ2n) is 5.56. The molecule has 0 radical (unpaired) electrons. The summed E-state index contributed by atoms with van der Waals surface area (Å²) < 4.78 is 6.21. The van der Waals surface area contributed by atoms with Crippen LogP contribution in [0, 0.1) is 6.92 Å². The summed E-state index contributed by atoms with van der Waals surface area (Å²) in [6.45, 7) is 6.43. The predicted molar refractivity (Wildman–Crippen MR) is 74.1 cm³/mol. The van der Waals surface area contributed by atoms with Gasteiger partial charge in [0, 0.05) is 6.42 Å². The van der Waals surface area contributed by atoms with Crippen molar-refractivity contribution < 1.29 is 4.74 Å². The number of aryl methyl sites for hydroxylation is 1. The smallest absolute Gasteiger partial charge is 0.129 e. The number of fused-ring (bicyclic) bond motifs is 2. The Hall–Kier alpha value is -1.76. The van der Waals surface area contributed by atoms with E-state index in [4.69, 9.17) is 4.74 Å². The molecule has 0 unspecified atom stereocenters. The van der Waals surface area contributed by atoms with Crippen molar-refractivity contribution in [1.82, 2.24) is 0 Å². The van der Waals surface area contributed by atoms with Crippen LogP contribution in [0.1, 0.15) is 36.1 Å². The molecule has 18 heavy (non-hydrogen) atoms. The number of para-hydroxylation sites is 1. The van der Waals surface area contributed by atoms with Crippen LogP contribution in [0.25, 0.3) is 0 Å². The third-order valence-electron chi connectivity index (χ3n) is 3.63. The Kier molecular flexibility index (Phi) is 2.44. The van der Waals surface area contributed by atoms with Crippen molar-refractivity contribution in [3.63, 3.8) is 0 Å². The molecule has 0 spiro atoms. The van der Waals surface area contributed by atoms with E-state index in [9.17, 15) is 0 Å². The minimum absolute atomic E-state index is 0.268. The van der Waals surface area contributed by atoms with Crippen molar-refractivity contribution >= 4 is 0 Å². The molecule has 1 aliphatic rings. The third kappa shape index (κ3) is 1.80. The minimum Gasteiger partial charge on any atom is -0.483 e. The molecule has 0 aromatic heterocycles. The molecule has 1 heteroatoms. The van der Waals surface area contributed by atoms with E-state index in [0.29, 0.717) is 0 Å². The first-order valence-electron chi connectivity index (χ1n) is 6.43. The summed E-state index contributed by atoms with van der Waals surface area (Å²) in [5, 5.41) is 0. The molecular weight excluding hydrogens is 220 g/mol. The molecule has 1 nitrogen and oxygen atoms in total. The second-order valence-corrected chi connectivity index (χ2v) is 5.56. The van der Waals surface area contributed by atoms with Crippen LogP contribution in [0.15, 0.2) is 42.5 Å². The van der Waals surface area contributed by atoms with E-state index >= 15 is 0 Å². The van der Waals surface area contributed by atoms with Gasteiger partial charge in [-0.05, 0) is 43.5 Å². The monoisotopic (exact) mass is 238 g/mol. The van der Waals surface area contributed by atoms with Crippen LogP contribution in [-0.4, -0.2) is 0 Å². The summed E-state index contributed by atoms with van der Waals surface area (Å²) in [4.78, 5) is 0. The maximum atomic E-state index is 6.21. The van der Waals surface area contributed by atoms with Crippen molar-refractivity contribution in [1.29, 1.82) is 0 Å². The summed E-state index contributed by atoms with van der Waals surface area (Å²) in [5.74, 6) is 1.01. The van der Waals surface area contributed by atoms with Crippen LogP contribution >= 0.6 is 0 Å². The number of hydrogen-bond acceptors (Lipinski definition) is 1. The lowest BCUT2D eigenvalue weighted by molar-refractivity contribution is 0.109. The zero-order valence-corrected chi connectivity index (χ0v) is 11.2. The summed E-state index contributed by atoms with van der Waals surface area (Å²) in [7, 11) is 0. The molecule has 1 aliphatic heterocycles. The van der Waals surface area contributed by atoms with E-state index in [1.165, 1.54) is 22.3 Å². The van der Waals surface area contributed by atoms with Crippen molar-refractivity contribution in [2.45, 2.75) is 32.8 Å². The first-order chi connectivity index (χ1) is 8.56. The largest absolute Gasteiger partial charge is 0.483 e. The molecule has 0 N–H and O–H groups in total. The van der Waals surface area contributed by atoms with Gasteiger partial charge in [0.1, 0.15) is 11.4 Å². The molecule has 0 saturated carbocycles. The maximum Gasteiger partial charge on any atom is 0.129 e. The van der Waals surface area contributed by atoms with Crippen LogP contribution in [0.2, 0.25) is 0 Å². The van der Waals surface area contributed by atoms with E-state index < -0.39 is 0 Å². The molecule has 1 heterocycles. The fourth-order valence-electron chi connectivity index (χ4n) is 2.74. The van der Waals surface area contributed by atoms with Gasteiger partial charge in [0.25, 0.3) is 0 Å². The van der Waals surface area contributed by atoms with Crippen molar-refractivity contribution in [2.75, 3.05) is 0 Å². The Morgan fingerprint density at radius 1 is 1.00 bits per heavy atom. The van der Waals surface area contributed by atoms with Crippen LogP contribution < -0.4 is 4.74 Å². The van der Waals surface area contributed by atoms with Gasteiger partial charge >= 0.3 is 0 Å². The van der Waals surface area contributed by atoms with E-state index in [-0.39, 0.29) is 5.60 Å². The lowest BCUT2D eigenvalue weighted by Gasteiger charge is -2.27. The van der Waals surface area contributed by atoms with Gasteiger partial charge in [0.15, 0.2) is 0 Å². The first kappa shape index (κ1) is 11.3. The number of benzene rings is 2. The molecular formula is C17H18O. The zero-order chi connectivity index (χ0) is 12.8. The summed E-state index contributed by atoms with van der Waals surface area (Å²) >= 11 is 0. The second kappa shape index (κ2) is 3.88. The summed E-state index contributed by atoms with van der Waals surface area (Å²) in [6, 6.07) is 15.0. The van der Waals surface area contributed by atoms with Gasteiger partial charge in [0.2, 0.25) is 0 Å². The fraction of sp³-hybridized carbons (Fsp3) is 0.294. The lowest BCUT2D eigenvalue weighted by atomic mass is 9.90. The quantitative estimate of drug-likeness (QED) is 0.668. The highest BCUT2D eigenvalue weighted by Crippen LogP contribution is 2.37. The minimum atomic E-state index is -0.268. The van der Waals surface area contributed by atoms with Crippen molar-refractivity contribution in [3.8, 4) is 5.75 Å². The highest BCUT2D eigenvalue weighted by molar-refractivity contribution is 5.46. The highest BCUT2D eigenvalue weighted by Gasteiger charge is 2.29. The molecule has 0 aliphatic carbocycles. The molecule has 2 aromatic carbocycles. The normalized spacial score (nSPS) is 16.2. The standard InChI is InChI=1S/C17H18O/c1-12-8-9-15-14(10-12)11-13-6-4-5-7-16(13)18-17(15,2)3/h4-10H,11H2,1-3H3. The molecule has 0 fully saturated rings. The molecule has 0 atom stereocenters. The summed E-state index contributed by atoms with van der Waals surface area (Å²) in [6.07, 6.45) is 0.955. The average Bonchev–Trinajstić information content (AvgIpc) is 2.41. The molecule has 92 valence electrons. The Balaban J connectivity index is 2.21. The Bertz CT molecular complexity index is 596. The van der Waals surface area contributed by atoms with Crippen LogP contribution in [-0.2, 0) is 12.0 Å². The van der Waals surface area contributed by atoms with Gasteiger partial charge in [-0.15, -0.1) is 0 Å². The topological polar surface area (TPSA) is 9.23 Å². The van der Waals surface area contributed by atoms with Gasteiger partial charge in [-0.1, -0.05) is 42.0 Å².